The minimum absolute atomic E-state index is 0.0391. The molecule has 0 aromatic heterocycles. The van der Waals surface area contributed by atoms with E-state index in [1.807, 2.05) is 31.2 Å². The van der Waals surface area contributed by atoms with Gasteiger partial charge >= 0.3 is 0 Å². The predicted octanol–water partition coefficient (Wildman–Crippen LogP) is 2.15. The fourth-order valence-electron chi connectivity index (χ4n) is 2.46. The van der Waals surface area contributed by atoms with Gasteiger partial charge in [-0.1, -0.05) is 18.2 Å². The molecular formula is C14H19NO3S. The second kappa shape index (κ2) is 5.74. The summed E-state index contributed by atoms with van der Waals surface area (Å²) in [6, 6.07) is 7.57. The average molecular weight is 281 g/mol. The quantitative estimate of drug-likeness (QED) is 0.923. The number of rotatable bonds is 3. The lowest BCUT2D eigenvalue weighted by atomic mass is 10.0. The van der Waals surface area contributed by atoms with Crippen LogP contribution in [0.3, 0.4) is 0 Å². The van der Waals surface area contributed by atoms with Crippen LogP contribution >= 0.6 is 0 Å². The normalized spacial score (nSPS) is 21.8. The lowest BCUT2D eigenvalue weighted by Crippen LogP contribution is -2.28. The molecule has 0 radical (unpaired) electrons. The van der Waals surface area contributed by atoms with Gasteiger partial charge in [-0.05, 0) is 37.3 Å². The van der Waals surface area contributed by atoms with Gasteiger partial charge < -0.3 is 5.32 Å². The van der Waals surface area contributed by atoms with Crippen LogP contribution in [-0.2, 0) is 14.6 Å². The highest BCUT2D eigenvalue weighted by Gasteiger charge is 2.26. The lowest BCUT2D eigenvalue weighted by molar-refractivity contribution is -0.117. The summed E-state index contributed by atoms with van der Waals surface area (Å²) in [6.07, 6.45) is 1.78. The Hall–Kier alpha value is -1.36. The van der Waals surface area contributed by atoms with Gasteiger partial charge in [0.2, 0.25) is 5.91 Å². The van der Waals surface area contributed by atoms with Crippen molar-refractivity contribution in [3.63, 3.8) is 0 Å². The Morgan fingerprint density at radius 1 is 1.37 bits per heavy atom. The smallest absolute Gasteiger partial charge is 0.224 e. The Morgan fingerprint density at radius 3 is 2.79 bits per heavy atom. The van der Waals surface area contributed by atoms with E-state index >= 15 is 0 Å². The molecule has 1 unspecified atom stereocenters. The van der Waals surface area contributed by atoms with Crippen molar-refractivity contribution in [1.29, 1.82) is 0 Å². The summed E-state index contributed by atoms with van der Waals surface area (Å²) in [5, 5.41) is 2.85. The van der Waals surface area contributed by atoms with E-state index in [1.54, 1.807) is 0 Å². The average Bonchev–Trinajstić information content (AvgIpc) is 2.30. The Morgan fingerprint density at radius 2 is 2.11 bits per heavy atom. The molecule has 1 fully saturated rings. The maximum Gasteiger partial charge on any atom is 0.224 e. The highest BCUT2D eigenvalue weighted by atomic mass is 32.2. The first-order valence-electron chi connectivity index (χ1n) is 6.52. The molecule has 1 aliphatic heterocycles. The second-order valence-corrected chi connectivity index (χ2v) is 7.42. The number of hydrogen-bond acceptors (Lipinski definition) is 3. The number of carbonyl (C=O) groups excluding carboxylic acids is 1. The van der Waals surface area contributed by atoms with Crippen LogP contribution in [-0.4, -0.2) is 25.8 Å². The number of aryl methyl sites for hydroxylation is 1. The molecule has 104 valence electrons. The zero-order valence-electron chi connectivity index (χ0n) is 11.1. The molecule has 1 atom stereocenters. The van der Waals surface area contributed by atoms with Crippen molar-refractivity contribution in [3.05, 3.63) is 29.8 Å². The number of para-hydroxylation sites is 1. The van der Waals surface area contributed by atoms with Crippen LogP contribution < -0.4 is 5.32 Å². The van der Waals surface area contributed by atoms with E-state index in [0.717, 1.165) is 17.7 Å². The van der Waals surface area contributed by atoms with Gasteiger partial charge in [-0.25, -0.2) is 8.42 Å². The Kier molecular flexibility index (Phi) is 4.24. The molecule has 1 N–H and O–H groups in total. The highest BCUT2D eigenvalue weighted by molar-refractivity contribution is 7.91. The number of benzene rings is 1. The SMILES string of the molecule is Cc1ccccc1NC(=O)CC1CCCS(=O)(=O)C1. The van der Waals surface area contributed by atoms with Crippen LogP contribution in [0.1, 0.15) is 24.8 Å². The van der Waals surface area contributed by atoms with Crippen molar-refractivity contribution in [2.45, 2.75) is 26.2 Å². The molecule has 1 aromatic rings. The molecule has 1 aliphatic rings. The van der Waals surface area contributed by atoms with Crippen molar-refractivity contribution < 1.29 is 13.2 Å². The lowest BCUT2D eigenvalue weighted by Gasteiger charge is -2.21. The summed E-state index contributed by atoms with van der Waals surface area (Å²) >= 11 is 0. The Bertz CT molecular complexity index is 566. The number of nitrogens with one attached hydrogen (secondary N) is 1. The van der Waals surface area contributed by atoms with Gasteiger partial charge in [0.05, 0.1) is 11.5 Å². The molecule has 1 aromatic carbocycles. The summed E-state index contributed by atoms with van der Waals surface area (Å²) in [4.78, 5) is 11.9. The minimum atomic E-state index is -2.94. The number of sulfone groups is 1. The first-order chi connectivity index (χ1) is 8.96. The van der Waals surface area contributed by atoms with Crippen LogP contribution in [0.25, 0.3) is 0 Å². The summed E-state index contributed by atoms with van der Waals surface area (Å²) in [5.74, 6) is 0.274. The second-order valence-electron chi connectivity index (χ2n) is 5.19. The summed E-state index contributed by atoms with van der Waals surface area (Å²) < 4.78 is 23.0. The molecule has 0 saturated carbocycles. The van der Waals surface area contributed by atoms with E-state index in [0.29, 0.717) is 6.42 Å². The Balaban J connectivity index is 1.93. The fourth-order valence-corrected chi connectivity index (χ4v) is 4.23. The largest absolute Gasteiger partial charge is 0.326 e. The van der Waals surface area contributed by atoms with Crippen LogP contribution in [0.2, 0.25) is 0 Å². The third-order valence-corrected chi connectivity index (χ3v) is 5.34. The predicted molar refractivity (Wildman–Crippen MR) is 75.8 cm³/mol. The topological polar surface area (TPSA) is 63.2 Å². The van der Waals surface area contributed by atoms with Gasteiger partial charge in [0.15, 0.2) is 9.84 Å². The standard InChI is InChI=1S/C14H19NO3S/c1-11-5-2-3-7-13(11)15-14(16)9-12-6-4-8-19(17,18)10-12/h2-3,5,7,12H,4,6,8-10H2,1H3,(H,15,16). The molecule has 0 bridgehead atoms. The maximum atomic E-state index is 11.9. The van der Waals surface area contributed by atoms with Crippen molar-refractivity contribution in [3.8, 4) is 0 Å². The van der Waals surface area contributed by atoms with Gasteiger partial charge in [0, 0.05) is 12.1 Å². The van der Waals surface area contributed by atoms with Crippen molar-refractivity contribution in [2.75, 3.05) is 16.8 Å². The van der Waals surface area contributed by atoms with E-state index in [-0.39, 0.29) is 29.8 Å². The molecule has 5 heteroatoms. The first-order valence-corrected chi connectivity index (χ1v) is 8.34. The van der Waals surface area contributed by atoms with Crippen molar-refractivity contribution in [2.24, 2.45) is 5.92 Å². The van der Waals surface area contributed by atoms with Gasteiger partial charge in [-0.3, -0.25) is 4.79 Å². The summed E-state index contributed by atoms with van der Waals surface area (Å²) in [5.41, 5.74) is 1.80. The molecule has 0 spiro atoms. The fraction of sp³-hybridized carbons (Fsp3) is 0.500. The molecule has 1 saturated heterocycles. The molecule has 1 amide bonds. The first kappa shape index (κ1) is 14.1. The third kappa shape index (κ3) is 4.06. The number of amides is 1. The van der Waals surface area contributed by atoms with Crippen LogP contribution in [0, 0.1) is 12.8 Å². The highest BCUT2D eigenvalue weighted by Crippen LogP contribution is 2.22. The van der Waals surface area contributed by atoms with Crippen molar-refractivity contribution in [1.82, 2.24) is 0 Å². The van der Waals surface area contributed by atoms with E-state index in [9.17, 15) is 13.2 Å². The van der Waals surface area contributed by atoms with E-state index < -0.39 is 9.84 Å². The number of hydrogen-bond donors (Lipinski definition) is 1. The van der Waals surface area contributed by atoms with Gasteiger partial charge in [0.25, 0.3) is 0 Å². The monoisotopic (exact) mass is 281 g/mol. The third-order valence-electron chi connectivity index (χ3n) is 3.45. The van der Waals surface area contributed by atoms with Gasteiger partial charge in [-0.2, -0.15) is 0 Å². The van der Waals surface area contributed by atoms with Gasteiger partial charge in [0.1, 0.15) is 0 Å². The minimum Gasteiger partial charge on any atom is -0.326 e. The van der Waals surface area contributed by atoms with Gasteiger partial charge in [-0.15, -0.1) is 0 Å². The summed E-state index contributed by atoms with van der Waals surface area (Å²) in [6.45, 7) is 1.93. The molecule has 1 heterocycles. The zero-order chi connectivity index (χ0) is 13.9. The van der Waals surface area contributed by atoms with E-state index in [4.69, 9.17) is 0 Å². The van der Waals surface area contributed by atoms with E-state index in [1.165, 1.54) is 0 Å². The van der Waals surface area contributed by atoms with Crippen LogP contribution in [0.15, 0.2) is 24.3 Å². The van der Waals surface area contributed by atoms with Crippen molar-refractivity contribution >= 4 is 21.4 Å². The Labute approximate surface area is 114 Å². The van der Waals surface area contributed by atoms with E-state index in [2.05, 4.69) is 5.32 Å². The maximum absolute atomic E-state index is 11.9. The summed E-state index contributed by atoms with van der Waals surface area (Å²) in [7, 11) is -2.94. The number of anilines is 1. The molecule has 2 rings (SSSR count). The zero-order valence-corrected chi connectivity index (χ0v) is 11.9. The molecular weight excluding hydrogens is 262 g/mol. The van der Waals surface area contributed by atoms with Crippen LogP contribution in [0.5, 0.6) is 0 Å². The molecule has 4 nitrogen and oxygen atoms in total. The van der Waals surface area contributed by atoms with Crippen LogP contribution in [0.4, 0.5) is 5.69 Å². The molecule has 19 heavy (non-hydrogen) atoms. The molecule has 0 aliphatic carbocycles. The number of carbonyl (C=O) groups is 1.